The molecule has 0 saturated carbocycles. The molecule has 0 bridgehead atoms. The van der Waals surface area contributed by atoms with E-state index in [9.17, 15) is 13.2 Å². The number of anilines is 1. The lowest BCUT2D eigenvalue weighted by Gasteiger charge is -2.11. The standard InChI is InChI=1S/C16H20N2O5S/c1-4-22-15-9-7-6-8-13(15)17-24(20,21)12-10-14(18(3)11-12)16(19)23-5-2/h6-11,17H,4-5H2,1-3H3. The van der Waals surface area contributed by atoms with E-state index in [0.29, 0.717) is 18.0 Å². The van der Waals surface area contributed by atoms with E-state index in [1.165, 1.54) is 16.8 Å². The highest BCUT2D eigenvalue weighted by Crippen LogP contribution is 2.27. The Hall–Kier alpha value is -2.48. The molecule has 0 saturated heterocycles. The second-order valence-electron chi connectivity index (χ2n) is 4.93. The van der Waals surface area contributed by atoms with Crippen molar-refractivity contribution >= 4 is 21.7 Å². The van der Waals surface area contributed by atoms with E-state index >= 15 is 0 Å². The number of carbonyl (C=O) groups excluding carboxylic acids is 1. The molecule has 0 fully saturated rings. The summed E-state index contributed by atoms with van der Waals surface area (Å²) >= 11 is 0. The molecule has 130 valence electrons. The minimum absolute atomic E-state index is 0.0284. The molecule has 0 atom stereocenters. The van der Waals surface area contributed by atoms with Gasteiger partial charge in [-0.2, -0.15) is 0 Å². The maximum absolute atomic E-state index is 12.6. The van der Waals surface area contributed by atoms with E-state index in [0.717, 1.165) is 0 Å². The van der Waals surface area contributed by atoms with Crippen LogP contribution in [0.2, 0.25) is 0 Å². The van der Waals surface area contributed by atoms with Crippen LogP contribution in [0, 0.1) is 0 Å². The van der Waals surface area contributed by atoms with Crippen molar-refractivity contribution in [3.8, 4) is 5.75 Å². The highest BCUT2D eigenvalue weighted by molar-refractivity contribution is 7.92. The lowest BCUT2D eigenvalue weighted by Crippen LogP contribution is -2.13. The van der Waals surface area contributed by atoms with E-state index in [1.807, 2.05) is 6.92 Å². The van der Waals surface area contributed by atoms with Gasteiger partial charge in [-0.05, 0) is 32.0 Å². The van der Waals surface area contributed by atoms with E-state index in [1.54, 1.807) is 38.2 Å². The van der Waals surface area contributed by atoms with Crippen molar-refractivity contribution in [1.29, 1.82) is 0 Å². The summed E-state index contributed by atoms with van der Waals surface area (Å²) in [6, 6.07) is 8.03. The summed E-state index contributed by atoms with van der Waals surface area (Å²) in [4.78, 5) is 11.8. The Bertz CT molecular complexity index is 827. The molecule has 7 nitrogen and oxygen atoms in total. The Morgan fingerprint density at radius 1 is 1.21 bits per heavy atom. The molecule has 8 heteroatoms. The van der Waals surface area contributed by atoms with Crippen molar-refractivity contribution in [2.45, 2.75) is 18.7 Å². The number of nitrogens with one attached hydrogen (secondary N) is 1. The Balaban J connectivity index is 2.32. The molecule has 0 aliphatic carbocycles. The van der Waals surface area contributed by atoms with Gasteiger partial charge >= 0.3 is 5.97 Å². The highest BCUT2D eigenvalue weighted by atomic mass is 32.2. The summed E-state index contributed by atoms with van der Waals surface area (Å²) in [6.45, 7) is 4.13. The number of rotatable bonds is 7. The first-order valence-electron chi connectivity index (χ1n) is 7.47. The first-order chi connectivity index (χ1) is 11.4. The first kappa shape index (κ1) is 17.9. The van der Waals surface area contributed by atoms with Crippen LogP contribution in [0.5, 0.6) is 5.75 Å². The smallest absolute Gasteiger partial charge is 0.354 e. The molecule has 0 unspecified atom stereocenters. The molecule has 0 aliphatic heterocycles. The van der Waals surface area contributed by atoms with Crippen LogP contribution in [-0.4, -0.2) is 32.2 Å². The SMILES string of the molecule is CCOC(=O)c1cc(S(=O)(=O)Nc2ccccc2OCC)cn1C. The Morgan fingerprint density at radius 3 is 2.58 bits per heavy atom. The van der Waals surface area contributed by atoms with Gasteiger partial charge in [0.1, 0.15) is 16.3 Å². The molecule has 0 radical (unpaired) electrons. The van der Waals surface area contributed by atoms with E-state index in [-0.39, 0.29) is 17.2 Å². The Morgan fingerprint density at radius 2 is 1.92 bits per heavy atom. The Labute approximate surface area is 141 Å². The Kier molecular flexibility index (Phi) is 5.50. The number of nitrogens with zero attached hydrogens (tertiary/aromatic N) is 1. The fourth-order valence-corrected chi connectivity index (χ4v) is 3.26. The summed E-state index contributed by atoms with van der Waals surface area (Å²) in [6.07, 6.45) is 1.36. The summed E-state index contributed by atoms with van der Waals surface area (Å²) in [5.41, 5.74) is 0.496. The molecule has 2 aromatic rings. The molecule has 1 aromatic carbocycles. The maximum Gasteiger partial charge on any atom is 0.354 e. The zero-order valence-corrected chi connectivity index (χ0v) is 14.6. The number of esters is 1. The van der Waals surface area contributed by atoms with E-state index < -0.39 is 16.0 Å². The minimum Gasteiger partial charge on any atom is -0.492 e. The summed E-state index contributed by atoms with van der Waals surface area (Å²) in [5.74, 6) is -0.138. The molecule has 0 spiro atoms. The van der Waals surface area contributed by atoms with Crippen molar-refractivity contribution in [3.63, 3.8) is 0 Å². The van der Waals surface area contributed by atoms with Gasteiger partial charge in [-0.3, -0.25) is 4.72 Å². The number of sulfonamides is 1. The van der Waals surface area contributed by atoms with Gasteiger partial charge < -0.3 is 14.0 Å². The molecule has 1 N–H and O–H groups in total. The fraction of sp³-hybridized carbons (Fsp3) is 0.312. The van der Waals surface area contributed by atoms with Crippen molar-refractivity contribution in [1.82, 2.24) is 4.57 Å². The van der Waals surface area contributed by atoms with Crippen LogP contribution < -0.4 is 9.46 Å². The second kappa shape index (κ2) is 7.39. The van der Waals surface area contributed by atoms with Crippen LogP contribution in [-0.2, 0) is 21.8 Å². The van der Waals surface area contributed by atoms with Crippen LogP contribution >= 0.6 is 0 Å². The van der Waals surface area contributed by atoms with E-state index in [2.05, 4.69) is 4.72 Å². The topological polar surface area (TPSA) is 86.6 Å². The van der Waals surface area contributed by atoms with Crippen molar-refractivity contribution in [2.75, 3.05) is 17.9 Å². The van der Waals surface area contributed by atoms with Gasteiger partial charge in [0.2, 0.25) is 0 Å². The van der Waals surface area contributed by atoms with Crippen LogP contribution in [0.25, 0.3) is 0 Å². The number of aryl methyl sites for hydroxylation is 1. The predicted octanol–water partition coefficient (Wildman–Crippen LogP) is 2.40. The lowest BCUT2D eigenvalue weighted by molar-refractivity contribution is 0.0515. The lowest BCUT2D eigenvalue weighted by atomic mass is 10.3. The molecule has 2 rings (SSSR count). The molecule has 1 heterocycles. The summed E-state index contributed by atoms with van der Waals surface area (Å²) in [5, 5.41) is 0. The molecular weight excluding hydrogens is 332 g/mol. The number of carbonyl (C=O) groups is 1. The third-order valence-corrected chi connectivity index (χ3v) is 4.54. The number of aromatic nitrogens is 1. The summed E-state index contributed by atoms with van der Waals surface area (Å²) < 4.78 is 39.4. The molecular formula is C16H20N2O5S. The van der Waals surface area contributed by atoms with Crippen molar-refractivity contribution < 1.29 is 22.7 Å². The fourth-order valence-electron chi connectivity index (χ4n) is 2.13. The monoisotopic (exact) mass is 352 g/mol. The molecule has 1 aromatic heterocycles. The summed E-state index contributed by atoms with van der Waals surface area (Å²) in [7, 11) is -2.28. The second-order valence-corrected chi connectivity index (χ2v) is 6.61. The average Bonchev–Trinajstić information content (AvgIpc) is 2.92. The third kappa shape index (κ3) is 3.88. The molecule has 0 amide bonds. The zero-order chi connectivity index (χ0) is 17.7. The first-order valence-corrected chi connectivity index (χ1v) is 8.95. The van der Waals surface area contributed by atoms with E-state index in [4.69, 9.17) is 9.47 Å². The highest BCUT2D eigenvalue weighted by Gasteiger charge is 2.22. The van der Waals surface area contributed by atoms with Crippen LogP contribution in [0.1, 0.15) is 24.3 Å². The van der Waals surface area contributed by atoms with Crippen LogP contribution in [0.15, 0.2) is 41.4 Å². The molecule has 24 heavy (non-hydrogen) atoms. The van der Waals surface area contributed by atoms with Gasteiger partial charge in [0.05, 0.1) is 18.9 Å². The number of hydrogen-bond acceptors (Lipinski definition) is 5. The number of hydrogen-bond donors (Lipinski definition) is 1. The third-order valence-electron chi connectivity index (χ3n) is 3.21. The quantitative estimate of drug-likeness (QED) is 0.773. The van der Waals surface area contributed by atoms with Crippen molar-refractivity contribution in [2.24, 2.45) is 7.05 Å². The number of para-hydroxylation sites is 2. The van der Waals surface area contributed by atoms with Gasteiger partial charge in [0.15, 0.2) is 0 Å². The van der Waals surface area contributed by atoms with Gasteiger partial charge in [-0.15, -0.1) is 0 Å². The zero-order valence-electron chi connectivity index (χ0n) is 13.8. The number of ether oxygens (including phenoxy) is 2. The van der Waals surface area contributed by atoms with Gasteiger partial charge in [0, 0.05) is 13.2 Å². The largest absolute Gasteiger partial charge is 0.492 e. The minimum atomic E-state index is -3.86. The predicted molar refractivity (Wildman–Crippen MR) is 89.8 cm³/mol. The van der Waals surface area contributed by atoms with Gasteiger partial charge in [0.25, 0.3) is 10.0 Å². The molecule has 0 aliphatic rings. The average molecular weight is 352 g/mol. The van der Waals surface area contributed by atoms with Gasteiger partial charge in [-0.1, -0.05) is 12.1 Å². The number of benzene rings is 1. The van der Waals surface area contributed by atoms with Crippen molar-refractivity contribution in [3.05, 3.63) is 42.2 Å². The van der Waals surface area contributed by atoms with Crippen LogP contribution in [0.4, 0.5) is 5.69 Å². The van der Waals surface area contributed by atoms with Gasteiger partial charge in [-0.25, -0.2) is 13.2 Å². The normalized spacial score (nSPS) is 11.1. The maximum atomic E-state index is 12.6. The van der Waals surface area contributed by atoms with Crippen LogP contribution in [0.3, 0.4) is 0 Å².